The Morgan fingerprint density at radius 1 is 1.44 bits per heavy atom. The van der Waals surface area contributed by atoms with E-state index in [2.05, 4.69) is 11.2 Å². The van der Waals surface area contributed by atoms with E-state index in [1.54, 1.807) is 12.5 Å². The van der Waals surface area contributed by atoms with Gasteiger partial charge in [-0.05, 0) is 18.2 Å². The van der Waals surface area contributed by atoms with Gasteiger partial charge in [0.25, 0.3) is 0 Å². The Morgan fingerprint density at radius 3 is 3.33 bits per heavy atom. The molecule has 0 aliphatic rings. The molecule has 43 valence electrons. The standard InChI is InChI=1S/C7H5N2/c1-2-7-3-4-8-6-9(7)5-1/h1-4,6H. The molecule has 2 nitrogen and oxygen atoms in total. The van der Waals surface area contributed by atoms with Crippen LogP contribution in [0.15, 0.2) is 30.7 Å². The first-order chi connectivity index (χ1) is 4.47. The molecule has 0 fully saturated rings. The molecule has 2 aromatic heterocycles. The molecule has 0 atom stereocenters. The Labute approximate surface area is 52.8 Å². The average molecular weight is 117 g/mol. The van der Waals surface area contributed by atoms with E-state index in [1.807, 2.05) is 22.6 Å². The number of hydrogen-bond acceptors (Lipinski definition) is 1. The summed E-state index contributed by atoms with van der Waals surface area (Å²) in [6, 6.07) is 5.80. The third-order valence-corrected chi connectivity index (χ3v) is 1.26. The first kappa shape index (κ1) is 4.56. The molecule has 0 saturated carbocycles. The molecule has 2 aromatic rings. The predicted molar refractivity (Wildman–Crippen MR) is 34.0 cm³/mol. The molecular formula is C7H5N2. The topological polar surface area (TPSA) is 17.3 Å². The molecule has 0 bridgehead atoms. The van der Waals surface area contributed by atoms with Crippen molar-refractivity contribution in [3.63, 3.8) is 0 Å². The molecule has 0 spiro atoms. The molecule has 0 saturated heterocycles. The maximum absolute atomic E-state index is 3.92. The minimum Gasteiger partial charge on any atom is -0.299 e. The number of fused-ring (bicyclic) bond motifs is 1. The summed E-state index contributed by atoms with van der Waals surface area (Å²) in [5, 5.41) is 0. The van der Waals surface area contributed by atoms with E-state index in [1.165, 1.54) is 0 Å². The summed E-state index contributed by atoms with van der Waals surface area (Å²) in [5.74, 6) is 0. The highest BCUT2D eigenvalue weighted by atomic mass is 14.9. The highest BCUT2D eigenvalue weighted by Gasteiger charge is 1.85. The Hall–Kier alpha value is -1.31. The van der Waals surface area contributed by atoms with Crippen LogP contribution in [0.4, 0.5) is 0 Å². The van der Waals surface area contributed by atoms with Crippen molar-refractivity contribution in [1.29, 1.82) is 0 Å². The molecule has 0 aliphatic carbocycles. The van der Waals surface area contributed by atoms with Gasteiger partial charge >= 0.3 is 0 Å². The van der Waals surface area contributed by atoms with Crippen molar-refractivity contribution in [3.05, 3.63) is 36.9 Å². The summed E-state index contributed by atoms with van der Waals surface area (Å²) in [4.78, 5) is 3.92. The summed E-state index contributed by atoms with van der Waals surface area (Å²) >= 11 is 0. The lowest BCUT2D eigenvalue weighted by Gasteiger charge is -1.87. The van der Waals surface area contributed by atoms with Crippen LogP contribution in [0.2, 0.25) is 0 Å². The van der Waals surface area contributed by atoms with Crippen molar-refractivity contribution in [2.75, 3.05) is 0 Å². The van der Waals surface area contributed by atoms with Crippen molar-refractivity contribution >= 4 is 5.52 Å². The van der Waals surface area contributed by atoms with Crippen LogP contribution in [0.1, 0.15) is 0 Å². The van der Waals surface area contributed by atoms with Crippen molar-refractivity contribution in [1.82, 2.24) is 9.38 Å². The van der Waals surface area contributed by atoms with Gasteiger partial charge in [0.2, 0.25) is 0 Å². The molecule has 0 unspecified atom stereocenters. The highest BCUT2D eigenvalue weighted by molar-refractivity contribution is 5.44. The fourth-order valence-corrected chi connectivity index (χ4v) is 0.818. The fourth-order valence-electron chi connectivity index (χ4n) is 0.818. The Kier molecular flexibility index (Phi) is 0.803. The minimum absolute atomic E-state index is 1.13. The number of hydrogen-bond donors (Lipinski definition) is 0. The van der Waals surface area contributed by atoms with Gasteiger partial charge in [-0.3, -0.25) is 4.40 Å². The quantitative estimate of drug-likeness (QED) is 0.505. The summed E-state index contributed by atoms with van der Waals surface area (Å²) < 4.78 is 1.85. The van der Waals surface area contributed by atoms with Gasteiger partial charge in [0.15, 0.2) is 0 Å². The molecular weight excluding hydrogens is 112 g/mol. The predicted octanol–water partition coefficient (Wildman–Crippen LogP) is 1.13. The van der Waals surface area contributed by atoms with Gasteiger partial charge in [-0.15, -0.1) is 0 Å². The summed E-state index contributed by atoms with van der Waals surface area (Å²) in [6.07, 6.45) is 6.47. The molecule has 9 heavy (non-hydrogen) atoms. The molecule has 1 radical (unpaired) electrons. The molecule has 0 aromatic carbocycles. The first-order valence-electron chi connectivity index (χ1n) is 2.75. The van der Waals surface area contributed by atoms with Crippen LogP contribution in [0.3, 0.4) is 0 Å². The monoisotopic (exact) mass is 117 g/mol. The molecule has 0 N–H and O–H groups in total. The fraction of sp³-hybridized carbons (Fsp3) is 0. The summed E-state index contributed by atoms with van der Waals surface area (Å²) in [7, 11) is 0. The van der Waals surface area contributed by atoms with Gasteiger partial charge in [-0.1, -0.05) is 0 Å². The van der Waals surface area contributed by atoms with Crippen LogP contribution in [0.25, 0.3) is 5.52 Å². The van der Waals surface area contributed by atoms with E-state index in [0.717, 1.165) is 5.52 Å². The van der Waals surface area contributed by atoms with Gasteiger partial charge in [-0.25, -0.2) is 4.98 Å². The molecule has 0 aliphatic heterocycles. The zero-order valence-electron chi connectivity index (χ0n) is 4.78. The van der Waals surface area contributed by atoms with Crippen molar-refractivity contribution in [3.8, 4) is 0 Å². The highest BCUT2D eigenvalue weighted by Crippen LogP contribution is 1.98. The summed E-state index contributed by atoms with van der Waals surface area (Å²) in [6.45, 7) is 0. The molecule has 0 amide bonds. The second-order valence-electron chi connectivity index (χ2n) is 1.84. The van der Waals surface area contributed by atoms with Gasteiger partial charge in [-0.2, -0.15) is 0 Å². The second-order valence-corrected chi connectivity index (χ2v) is 1.84. The lowest BCUT2D eigenvalue weighted by Crippen LogP contribution is -1.80. The van der Waals surface area contributed by atoms with E-state index in [9.17, 15) is 0 Å². The molecule has 2 heteroatoms. The van der Waals surface area contributed by atoms with Gasteiger partial charge in [0.1, 0.15) is 0 Å². The zero-order valence-corrected chi connectivity index (χ0v) is 4.78. The third kappa shape index (κ3) is 0.598. The molecule has 2 rings (SSSR count). The lowest BCUT2D eigenvalue weighted by molar-refractivity contribution is 1.09. The van der Waals surface area contributed by atoms with Crippen LogP contribution >= 0.6 is 0 Å². The van der Waals surface area contributed by atoms with Crippen LogP contribution in [0, 0.1) is 6.20 Å². The maximum Gasteiger partial charge on any atom is 0.0996 e. The number of aromatic nitrogens is 2. The maximum atomic E-state index is 3.92. The first-order valence-corrected chi connectivity index (χ1v) is 2.75. The number of rotatable bonds is 0. The van der Waals surface area contributed by atoms with Crippen molar-refractivity contribution in [2.45, 2.75) is 0 Å². The SMILES string of the molecule is [c]1ccc2ccncn12. The molecule has 2 heterocycles. The van der Waals surface area contributed by atoms with Crippen LogP contribution in [0.5, 0.6) is 0 Å². The lowest BCUT2D eigenvalue weighted by atomic mass is 10.5. The van der Waals surface area contributed by atoms with E-state index < -0.39 is 0 Å². The van der Waals surface area contributed by atoms with Crippen LogP contribution in [-0.2, 0) is 0 Å². The average Bonchev–Trinajstić information content (AvgIpc) is 2.33. The zero-order chi connectivity index (χ0) is 6.10. The van der Waals surface area contributed by atoms with Crippen LogP contribution < -0.4 is 0 Å². The largest absolute Gasteiger partial charge is 0.299 e. The second kappa shape index (κ2) is 1.58. The smallest absolute Gasteiger partial charge is 0.0996 e. The van der Waals surface area contributed by atoms with Gasteiger partial charge in [0, 0.05) is 11.7 Å². The van der Waals surface area contributed by atoms with Gasteiger partial charge in [0.05, 0.1) is 12.5 Å². The van der Waals surface area contributed by atoms with E-state index in [4.69, 9.17) is 0 Å². The van der Waals surface area contributed by atoms with Crippen molar-refractivity contribution < 1.29 is 0 Å². The van der Waals surface area contributed by atoms with Gasteiger partial charge < -0.3 is 0 Å². The van der Waals surface area contributed by atoms with Crippen molar-refractivity contribution in [2.24, 2.45) is 0 Å². The summed E-state index contributed by atoms with van der Waals surface area (Å²) in [5.41, 5.74) is 1.13. The Bertz CT molecular complexity index is 281. The van der Waals surface area contributed by atoms with E-state index >= 15 is 0 Å². The Balaban J connectivity index is 2.95. The Morgan fingerprint density at radius 2 is 2.44 bits per heavy atom. The minimum atomic E-state index is 1.13. The normalized spacial score (nSPS) is 10.2. The number of nitrogens with zero attached hydrogens (tertiary/aromatic N) is 2. The van der Waals surface area contributed by atoms with E-state index in [0.29, 0.717) is 0 Å². The van der Waals surface area contributed by atoms with Crippen LogP contribution in [-0.4, -0.2) is 9.38 Å². The third-order valence-electron chi connectivity index (χ3n) is 1.26. The van der Waals surface area contributed by atoms with E-state index in [-0.39, 0.29) is 0 Å².